The second-order valence-corrected chi connectivity index (χ2v) is 4.24. The van der Waals surface area contributed by atoms with Gasteiger partial charge in [-0.25, -0.2) is 4.72 Å². The van der Waals surface area contributed by atoms with Crippen LogP contribution in [0, 0.1) is 5.37 Å². The Morgan fingerprint density at radius 3 is 2.56 bits per heavy atom. The lowest BCUT2D eigenvalue weighted by molar-refractivity contribution is 1.27. The van der Waals surface area contributed by atoms with Gasteiger partial charge in [0, 0.05) is 0 Å². The van der Waals surface area contributed by atoms with Crippen LogP contribution in [0.3, 0.4) is 0 Å². The SMILES string of the molecule is CS[C]1C=C(SC)SN1. The van der Waals surface area contributed by atoms with E-state index in [2.05, 4.69) is 23.3 Å². The highest BCUT2D eigenvalue weighted by Crippen LogP contribution is 2.36. The number of hydrogen-bond donors (Lipinski definition) is 1. The molecule has 0 spiro atoms. The second kappa shape index (κ2) is 3.81. The summed E-state index contributed by atoms with van der Waals surface area (Å²) in [6.07, 6.45) is 6.33. The molecule has 0 aromatic rings. The van der Waals surface area contributed by atoms with Gasteiger partial charge in [-0.05, 0) is 30.5 Å². The van der Waals surface area contributed by atoms with Crippen LogP contribution >= 0.6 is 35.5 Å². The lowest BCUT2D eigenvalue weighted by Crippen LogP contribution is -1.99. The molecule has 4 heteroatoms. The van der Waals surface area contributed by atoms with Gasteiger partial charge in [-0.3, -0.25) is 0 Å². The van der Waals surface area contributed by atoms with Crippen LogP contribution < -0.4 is 4.72 Å². The van der Waals surface area contributed by atoms with Gasteiger partial charge in [-0.2, -0.15) is 0 Å². The fourth-order valence-corrected chi connectivity index (χ4v) is 2.44. The van der Waals surface area contributed by atoms with E-state index in [1.807, 2.05) is 0 Å². The summed E-state index contributed by atoms with van der Waals surface area (Å²) in [6.45, 7) is 0. The van der Waals surface area contributed by atoms with Crippen LogP contribution in [0.5, 0.6) is 0 Å². The molecule has 0 fully saturated rings. The minimum atomic E-state index is 1.25. The van der Waals surface area contributed by atoms with Crippen molar-refractivity contribution >= 4 is 35.5 Å². The van der Waals surface area contributed by atoms with Gasteiger partial charge in [0.1, 0.15) is 5.37 Å². The average molecular weight is 178 g/mol. The largest absolute Gasteiger partial charge is 0.237 e. The number of hydrogen-bond acceptors (Lipinski definition) is 4. The molecule has 0 aromatic heterocycles. The summed E-state index contributed by atoms with van der Waals surface area (Å²) in [7, 11) is 0. The molecule has 0 amide bonds. The van der Waals surface area contributed by atoms with Gasteiger partial charge in [-0.15, -0.1) is 23.5 Å². The summed E-state index contributed by atoms with van der Waals surface area (Å²) in [5, 5.41) is 1.25. The lowest BCUT2D eigenvalue weighted by atomic mass is 10.6. The zero-order valence-corrected chi connectivity index (χ0v) is 7.75. The molecule has 51 valence electrons. The van der Waals surface area contributed by atoms with Crippen molar-refractivity contribution in [1.29, 1.82) is 0 Å². The summed E-state index contributed by atoms with van der Waals surface area (Å²) < 4.78 is 4.54. The second-order valence-electron chi connectivity index (χ2n) is 1.44. The Labute approximate surface area is 68.6 Å². The van der Waals surface area contributed by atoms with Gasteiger partial charge in [0.25, 0.3) is 0 Å². The first kappa shape index (κ1) is 7.85. The van der Waals surface area contributed by atoms with E-state index in [1.165, 1.54) is 9.61 Å². The van der Waals surface area contributed by atoms with Crippen LogP contribution in [0.25, 0.3) is 0 Å². The minimum absolute atomic E-state index is 1.25. The van der Waals surface area contributed by atoms with E-state index in [1.54, 1.807) is 35.5 Å². The third-order valence-electron chi connectivity index (χ3n) is 0.922. The van der Waals surface area contributed by atoms with Crippen LogP contribution in [0.4, 0.5) is 0 Å². The van der Waals surface area contributed by atoms with E-state index < -0.39 is 0 Å². The maximum Gasteiger partial charge on any atom is 0.127 e. The Hall–Kier alpha value is 0.750. The molecule has 0 saturated heterocycles. The Morgan fingerprint density at radius 1 is 1.44 bits per heavy atom. The lowest BCUT2D eigenvalue weighted by Gasteiger charge is -1.97. The highest BCUT2D eigenvalue weighted by atomic mass is 32.2. The molecule has 1 nitrogen and oxygen atoms in total. The quantitative estimate of drug-likeness (QED) is 0.651. The Balaban J connectivity index is 2.40. The van der Waals surface area contributed by atoms with E-state index >= 15 is 0 Å². The van der Waals surface area contributed by atoms with E-state index in [0.29, 0.717) is 0 Å². The standard InChI is InChI=1S/C5H8NS3/c1-7-4-3-5(8-2)9-6-4/h3,6H,1-2H3. The molecule has 1 aliphatic heterocycles. The first-order valence-corrected chi connectivity index (χ1v) is 5.73. The summed E-state index contributed by atoms with van der Waals surface area (Å²) in [4.78, 5) is 0. The highest BCUT2D eigenvalue weighted by Gasteiger charge is 2.13. The minimum Gasteiger partial charge on any atom is -0.237 e. The van der Waals surface area contributed by atoms with E-state index in [9.17, 15) is 0 Å². The molecule has 0 aromatic carbocycles. The molecule has 0 bridgehead atoms. The van der Waals surface area contributed by atoms with Crippen molar-refractivity contribution in [3.8, 4) is 0 Å². The van der Waals surface area contributed by atoms with Crippen molar-refractivity contribution in [1.82, 2.24) is 4.72 Å². The molecule has 0 unspecified atom stereocenters. The molecular weight excluding hydrogens is 170 g/mol. The molecule has 1 aliphatic rings. The summed E-state index contributed by atoms with van der Waals surface area (Å²) in [5.41, 5.74) is 0. The van der Waals surface area contributed by atoms with Crippen molar-refractivity contribution in [3.05, 3.63) is 15.7 Å². The normalized spacial score (nSPS) is 20.4. The predicted octanol–water partition coefficient (Wildman–Crippen LogP) is 2.29. The third kappa shape index (κ3) is 2.11. The van der Waals surface area contributed by atoms with Gasteiger partial charge < -0.3 is 0 Å². The highest BCUT2D eigenvalue weighted by molar-refractivity contribution is 8.21. The first-order valence-electron chi connectivity index (χ1n) is 2.46. The number of rotatable bonds is 2. The number of nitrogens with one attached hydrogen (secondary N) is 1. The van der Waals surface area contributed by atoms with Gasteiger partial charge in [0.15, 0.2) is 0 Å². The number of thioether (sulfide) groups is 2. The zero-order chi connectivity index (χ0) is 6.69. The van der Waals surface area contributed by atoms with Crippen molar-refractivity contribution in [2.24, 2.45) is 0 Å². The summed E-state index contributed by atoms with van der Waals surface area (Å²) >= 11 is 5.22. The first-order chi connectivity index (χ1) is 4.36. The van der Waals surface area contributed by atoms with Crippen molar-refractivity contribution in [2.45, 2.75) is 0 Å². The third-order valence-corrected chi connectivity index (χ3v) is 3.62. The van der Waals surface area contributed by atoms with Crippen LogP contribution in [0.2, 0.25) is 0 Å². The van der Waals surface area contributed by atoms with Crippen LogP contribution in [0.1, 0.15) is 0 Å². The van der Waals surface area contributed by atoms with Crippen LogP contribution in [0.15, 0.2) is 10.3 Å². The van der Waals surface area contributed by atoms with E-state index in [0.717, 1.165) is 0 Å². The smallest absolute Gasteiger partial charge is 0.127 e. The van der Waals surface area contributed by atoms with Gasteiger partial charge >= 0.3 is 0 Å². The fourth-order valence-electron chi connectivity index (χ4n) is 0.468. The molecule has 0 aliphatic carbocycles. The maximum absolute atomic E-state index is 3.19. The maximum atomic E-state index is 3.19. The van der Waals surface area contributed by atoms with Gasteiger partial charge in [0.05, 0.1) is 4.24 Å². The molecule has 1 radical (unpaired) electrons. The fraction of sp³-hybridized carbons (Fsp3) is 0.400. The zero-order valence-electron chi connectivity index (χ0n) is 5.30. The Morgan fingerprint density at radius 2 is 2.22 bits per heavy atom. The Kier molecular flexibility index (Phi) is 3.32. The van der Waals surface area contributed by atoms with Crippen molar-refractivity contribution < 1.29 is 0 Å². The molecule has 0 saturated carbocycles. The van der Waals surface area contributed by atoms with Crippen LogP contribution in [-0.4, -0.2) is 12.5 Å². The molecule has 1 rings (SSSR count). The van der Waals surface area contributed by atoms with Crippen molar-refractivity contribution in [3.63, 3.8) is 0 Å². The summed E-state index contributed by atoms with van der Waals surface area (Å²) in [5.74, 6) is 0. The summed E-state index contributed by atoms with van der Waals surface area (Å²) in [6, 6.07) is 0. The molecular formula is C5H8NS3. The predicted molar refractivity (Wildman–Crippen MR) is 49.1 cm³/mol. The van der Waals surface area contributed by atoms with E-state index in [-0.39, 0.29) is 0 Å². The monoisotopic (exact) mass is 178 g/mol. The molecule has 0 atom stereocenters. The van der Waals surface area contributed by atoms with Crippen molar-refractivity contribution in [2.75, 3.05) is 12.5 Å². The topological polar surface area (TPSA) is 12.0 Å². The average Bonchev–Trinajstić information content (AvgIpc) is 2.34. The Bertz CT molecular complexity index is 123. The molecule has 9 heavy (non-hydrogen) atoms. The molecule has 1 N–H and O–H groups in total. The van der Waals surface area contributed by atoms with E-state index in [4.69, 9.17) is 0 Å². The molecule has 1 heterocycles. The van der Waals surface area contributed by atoms with Gasteiger partial charge in [0.2, 0.25) is 0 Å². The van der Waals surface area contributed by atoms with Crippen LogP contribution in [-0.2, 0) is 0 Å². The van der Waals surface area contributed by atoms with Gasteiger partial charge in [-0.1, -0.05) is 0 Å².